The van der Waals surface area contributed by atoms with Gasteiger partial charge in [-0.3, -0.25) is 4.79 Å². The second-order valence-electron chi connectivity index (χ2n) is 3.25. The van der Waals surface area contributed by atoms with Crippen LogP contribution in [-0.4, -0.2) is 18.9 Å². The molecule has 0 amide bonds. The zero-order valence-corrected chi connectivity index (χ0v) is 9.40. The lowest BCUT2D eigenvalue weighted by Crippen LogP contribution is -2.19. The summed E-state index contributed by atoms with van der Waals surface area (Å²) in [4.78, 5) is 12.4. The Morgan fingerprint density at radius 2 is 2.36 bits per heavy atom. The molecule has 0 spiro atoms. The van der Waals surface area contributed by atoms with Crippen molar-refractivity contribution in [3.63, 3.8) is 0 Å². The molecule has 3 heteroatoms. The van der Waals surface area contributed by atoms with E-state index in [2.05, 4.69) is 12.2 Å². The van der Waals surface area contributed by atoms with Crippen LogP contribution in [0.4, 0.5) is 0 Å². The number of rotatable bonds is 7. The van der Waals surface area contributed by atoms with Gasteiger partial charge in [-0.05, 0) is 24.4 Å². The van der Waals surface area contributed by atoms with Crippen molar-refractivity contribution in [3.8, 4) is 0 Å². The first-order valence-corrected chi connectivity index (χ1v) is 6.00. The quantitative estimate of drug-likeness (QED) is 0.555. The van der Waals surface area contributed by atoms with Crippen LogP contribution < -0.4 is 5.32 Å². The molecule has 1 rings (SSSR count). The van der Waals surface area contributed by atoms with E-state index in [9.17, 15) is 4.79 Å². The number of thiophene rings is 1. The summed E-state index contributed by atoms with van der Waals surface area (Å²) >= 11 is 1.52. The summed E-state index contributed by atoms with van der Waals surface area (Å²) in [5.74, 6) is 0.254. The van der Waals surface area contributed by atoms with Crippen LogP contribution >= 0.6 is 11.3 Å². The van der Waals surface area contributed by atoms with Crippen LogP contribution in [0.15, 0.2) is 17.5 Å². The third kappa shape index (κ3) is 4.03. The number of Topliss-reactive ketones (excluding diaryl/α,β-unsaturated/α-hetero) is 1. The molecule has 1 aromatic rings. The lowest BCUT2D eigenvalue weighted by molar-refractivity contribution is 0.0986. The van der Waals surface area contributed by atoms with Gasteiger partial charge in [0.05, 0.1) is 4.88 Å². The van der Waals surface area contributed by atoms with Gasteiger partial charge in [-0.15, -0.1) is 11.3 Å². The molecule has 0 bridgehead atoms. The van der Waals surface area contributed by atoms with Crippen molar-refractivity contribution in [2.45, 2.75) is 26.2 Å². The molecule has 0 unspecified atom stereocenters. The molecule has 14 heavy (non-hydrogen) atoms. The van der Waals surface area contributed by atoms with Crippen LogP contribution in [0.25, 0.3) is 0 Å². The highest BCUT2D eigenvalue weighted by molar-refractivity contribution is 7.12. The fraction of sp³-hybridized carbons (Fsp3) is 0.545. The topological polar surface area (TPSA) is 29.1 Å². The molecule has 0 fully saturated rings. The Labute approximate surface area is 89.3 Å². The number of carbonyl (C=O) groups is 1. The highest BCUT2D eigenvalue weighted by Crippen LogP contribution is 2.10. The number of hydrogen-bond acceptors (Lipinski definition) is 3. The minimum atomic E-state index is 0.254. The minimum Gasteiger partial charge on any atom is -0.316 e. The van der Waals surface area contributed by atoms with Gasteiger partial charge in [0.1, 0.15) is 0 Å². The van der Waals surface area contributed by atoms with Crippen LogP contribution in [0.5, 0.6) is 0 Å². The van der Waals surface area contributed by atoms with Gasteiger partial charge in [0.15, 0.2) is 5.78 Å². The highest BCUT2D eigenvalue weighted by Gasteiger charge is 2.04. The highest BCUT2D eigenvalue weighted by atomic mass is 32.1. The van der Waals surface area contributed by atoms with Crippen molar-refractivity contribution in [3.05, 3.63) is 22.4 Å². The second kappa shape index (κ2) is 6.74. The van der Waals surface area contributed by atoms with Crippen LogP contribution in [0.2, 0.25) is 0 Å². The molecular formula is C11H17NOS. The Morgan fingerprint density at radius 1 is 1.50 bits per heavy atom. The van der Waals surface area contributed by atoms with Gasteiger partial charge in [-0.1, -0.05) is 19.4 Å². The smallest absolute Gasteiger partial charge is 0.174 e. The molecule has 0 aliphatic carbocycles. The first-order valence-electron chi connectivity index (χ1n) is 5.12. The van der Waals surface area contributed by atoms with E-state index in [4.69, 9.17) is 0 Å². The molecule has 0 atom stereocenters. The Morgan fingerprint density at radius 3 is 3.00 bits per heavy atom. The second-order valence-corrected chi connectivity index (χ2v) is 4.20. The monoisotopic (exact) mass is 211 g/mol. The van der Waals surface area contributed by atoms with Gasteiger partial charge in [0.25, 0.3) is 0 Å². The fourth-order valence-corrected chi connectivity index (χ4v) is 1.88. The van der Waals surface area contributed by atoms with E-state index in [1.54, 1.807) is 0 Å². The number of nitrogens with one attached hydrogen (secondary N) is 1. The van der Waals surface area contributed by atoms with Crippen LogP contribution in [0, 0.1) is 0 Å². The molecule has 0 radical (unpaired) electrons. The van der Waals surface area contributed by atoms with Crippen molar-refractivity contribution in [2.75, 3.05) is 13.1 Å². The molecule has 0 aliphatic heterocycles. The summed E-state index contributed by atoms with van der Waals surface area (Å²) in [6.45, 7) is 3.99. The zero-order chi connectivity index (χ0) is 10.2. The lowest BCUT2D eigenvalue weighted by Gasteiger charge is -2.01. The van der Waals surface area contributed by atoms with E-state index >= 15 is 0 Å². The van der Waals surface area contributed by atoms with Crippen molar-refractivity contribution in [2.24, 2.45) is 0 Å². The molecule has 0 aromatic carbocycles. The molecule has 1 N–H and O–H groups in total. The van der Waals surface area contributed by atoms with Crippen molar-refractivity contribution in [1.29, 1.82) is 0 Å². The molecule has 0 saturated carbocycles. The molecule has 78 valence electrons. The Balaban J connectivity index is 2.10. The zero-order valence-electron chi connectivity index (χ0n) is 8.58. The minimum absolute atomic E-state index is 0.254. The van der Waals surface area contributed by atoms with Gasteiger partial charge >= 0.3 is 0 Å². The Hall–Kier alpha value is -0.670. The summed E-state index contributed by atoms with van der Waals surface area (Å²) in [5, 5.41) is 5.21. The Bertz CT molecular complexity index is 256. The van der Waals surface area contributed by atoms with Crippen molar-refractivity contribution < 1.29 is 4.79 Å². The number of hydrogen-bond donors (Lipinski definition) is 1. The summed E-state index contributed by atoms with van der Waals surface area (Å²) in [6, 6.07) is 3.81. The maximum absolute atomic E-state index is 11.5. The van der Waals surface area contributed by atoms with E-state index in [0.29, 0.717) is 6.42 Å². The first kappa shape index (κ1) is 11.4. The third-order valence-electron chi connectivity index (χ3n) is 2.03. The number of unbranched alkanes of at least 4 members (excludes halogenated alkanes) is 1. The lowest BCUT2D eigenvalue weighted by atomic mass is 10.2. The Kier molecular flexibility index (Phi) is 5.49. The average molecular weight is 211 g/mol. The number of carbonyl (C=O) groups excluding carboxylic acids is 1. The van der Waals surface area contributed by atoms with Gasteiger partial charge < -0.3 is 5.32 Å². The van der Waals surface area contributed by atoms with Crippen LogP contribution in [-0.2, 0) is 0 Å². The van der Waals surface area contributed by atoms with Crippen molar-refractivity contribution in [1.82, 2.24) is 5.32 Å². The van der Waals surface area contributed by atoms with E-state index in [1.165, 1.54) is 24.2 Å². The molecule has 1 heterocycles. The van der Waals surface area contributed by atoms with Gasteiger partial charge in [0.2, 0.25) is 0 Å². The average Bonchev–Trinajstić information content (AvgIpc) is 2.70. The first-order chi connectivity index (χ1) is 6.84. The summed E-state index contributed by atoms with van der Waals surface area (Å²) in [6.07, 6.45) is 3.00. The normalized spacial score (nSPS) is 10.4. The molecular weight excluding hydrogens is 194 g/mol. The van der Waals surface area contributed by atoms with E-state index < -0.39 is 0 Å². The maximum atomic E-state index is 11.5. The van der Waals surface area contributed by atoms with Gasteiger partial charge in [-0.2, -0.15) is 0 Å². The summed E-state index contributed by atoms with van der Waals surface area (Å²) in [7, 11) is 0. The standard InChI is InChI=1S/C11H17NOS/c1-2-3-7-12-8-6-10(13)11-5-4-9-14-11/h4-5,9,12H,2-3,6-8H2,1H3. The number of ketones is 1. The van der Waals surface area contributed by atoms with E-state index in [0.717, 1.165) is 18.0 Å². The van der Waals surface area contributed by atoms with E-state index in [-0.39, 0.29) is 5.78 Å². The van der Waals surface area contributed by atoms with Gasteiger partial charge in [-0.25, -0.2) is 0 Å². The summed E-state index contributed by atoms with van der Waals surface area (Å²) < 4.78 is 0. The predicted molar refractivity (Wildman–Crippen MR) is 61.0 cm³/mol. The molecule has 0 saturated heterocycles. The molecule has 2 nitrogen and oxygen atoms in total. The van der Waals surface area contributed by atoms with Crippen molar-refractivity contribution >= 4 is 17.1 Å². The largest absolute Gasteiger partial charge is 0.316 e. The van der Waals surface area contributed by atoms with E-state index in [1.807, 2.05) is 17.5 Å². The summed E-state index contributed by atoms with van der Waals surface area (Å²) in [5.41, 5.74) is 0. The third-order valence-corrected chi connectivity index (χ3v) is 2.94. The maximum Gasteiger partial charge on any atom is 0.174 e. The predicted octanol–water partition coefficient (Wildman–Crippen LogP) is 2.71. The molecule has 1 aromatic heterocycles. The van der Waals surface area contributed by atoms with Gasteiger partial charge in [0, 0.05) is 13.0 Å². The fourth-order valence-electron chi connectivity index (χ4n) is 1.19. The van der Waals surface area contributed by atoms with Crippen LogP contribution in [0.1, 0.15) is 35.9 Å². The van der Waals surface area contributed by atoms with Crippen LogP contribution in [0.3, 0.4) is 0 Å². The SMILES string of the molecule is CCCCNCCC(=O)c1cccs1. The molecule has 0 aliphatic rings.